The lowest BCUT2D eigenvalue weighted by Gasteiger charge is -2.14. The van der Waals surface area contributed by atoms with Gasteiger partial charge in [0.05, 0.1) is 13.2 Å². The highest BCUT2D eigenvalue weighted by atomic mass is 16.5. The summed E-state index contributed by atoms with van der Waals surface area (Å²) < 4.78 is 16.4. The highest BCUT2D eigenvalue weighted by molar-refractivity contribution is 5.88. The van der Waals surface area contributed by atoms with Crippen LogP contribution in [0.4, 0.5) is 0 Å². The van der Waals surface area contributed by atoms with Gasteiger partial charge in [0.2, 0.25) is 0 Å². The molecule has 0 aliphatic heterocycles. The Morgan fingerprint density at radius 1 is 0.897 bits per heavy atom. The van der Waals surface area contributed by atoms with Crippen LogP contribution in [0, 0.1) is 0 Å². The van der Waals surface area contributed by atoms with Crippen molar-refractivity contribution in [3.05, 3.63) is 54.1 Å². The molecule has 0 saturated heterocycles. The Hall–Kier alpha value is -3.06. The van der Waals surface area contributed by atoms with E-state index in [0.717, 1.165) is 5.56 Å². The van der Waals surface area contributed by atoms with E-state index in [1.54, 1.807) is 31.2 Å². The summed E-state index contributed by atoms with van der Waals surface area (Å²) in [6.45, 7) is 3.74. The molecule has 156 valence electrons. The van der Waals surface area contributed by atoms with Crippen LogP contribution in [0.1, 0.15) is 31.7 Å². The zero-order valence-electron chi connectivity index (χ0n) is 16.5. The normalized spacial score (nSPS) is 12.7. The second-order valence-corrected chi connectivity index (χ2v) is 6.58. The number of carbonyl (C=O) groups is 2. The standard InChI is InChI=1S/C22H26O7/c1-15(22(26)16(2)23)17-5-3-6-20(13-17)28-12-4-11-27-18-7-9-19(10-8-18)29-14-21(24)25/h3,5-10,13,15-16,23H,4,11-12,14H2,1-2H3,(H,24,25). The molecule has 0 aliphatic carbocycles. The van der Waals surface area contributed by atoms with E-state index in [-0.39, 0.29) is 12.4 Å². The molecule has 0 heterocycles. The predicted molar refractivity (Wildman–Crippen MR) is 107 cm³/mol. The average molecular weight is 402 g/mol. The number of aliphatic hydroxyl groups excluding tert-OH is 1. The molecule has 7 heteroatoms. The largest absolute Gasteiger partial charge is 0.493 e. The molecule has 0 fully saturated rings. The van der Waals surface area contributed by atoms with E-state index in [4.69, 9.17) is 19.3 Å². The van der Waals surface area contributed by atoms with Gasteiger partial charge in [-0.05, 0) is 48.9 Å². The summed E-state index contributed by atoms with van der Waals surface area (Å²) in [5.74, 6) is 0.123. The average Bonchev–Trinajstić information content (AvgIpc) is 2.71. The van der Waals surface area contributed by atoms with Gasteiger partial charge in [-0.3, -0.25) is 4.79 Å². The Kier molecular flexibility index (Phi) is 8.48. The fourth-order valence-electron chi connectivity index (χ4n) is 2.62. The Balaban J connectivity index is 1.73. The topological polar surface area (TPSA) is 102 Å². The van der Waals surface area contributed by atoms with Gasteiger partial charge in [0.25, 0.3) is 0 Å². The maximum absolute atomic E-state index is 11.9. The zero-order chi connectivity index (χ0) is 21.2. The van der Waals surface area contributed by atoms with Crippen molar-refractivity contribution in [2.24, 2.45) is 0 Å². The van der Waals surface area contributed by atoms with Gasteiger partial charge in [-0.25, -0.2) is 4.79 Å². The monoisotopic (exact) mass is 402 g/mol. The van der Waals surface area contributed by atoms with E-state index < -0.39 is 18.0 Å². The van der Waals surface area contributed by atoms with E-state index in [9.17, 15) is 14.7 Å². The van der Waals surface area contributed by atoms with Crippen LogP contribution in [0.5, 0.6) is 17.2 Å². The number of benzene rings is 2. The minimum atomic E-state index is -1.03. The lowest BCUT2D eigenvalue weighted by atomic mass is 9.94. The molecule has 7 nitrogen and oxygen atoms in total. The molecule has 2 aromatic carbocycles. The third-order valence-corrected chi connectivity index (χ3v) is 4.21. The van der Waals surface area contributed by atoms with Crippen molar-refractivity contribution in [1.82, 2.24) is 0 Å². The molecule has 0 amide bonds. The molecule has 0 spiro atoms. The predicted octanol–water partition coefficient (Wildman–Crippen LogP) is 3.05. The van der Waals surface area contributed by atoms with Gasteiger partial charge in [0, 0.05) is 12.3 Å². The minimum Gasteiger partial charge on any atom is -0.493 e. The van der Waals surface area contributed by atoms with Crippen LogP contribution in [0.25, 0.3) is 0 Å². The molecule has 0 saturated carbocycles. The fraction of sp³-hybridized carbons (Fsp3) is 0.364. The summed E-state index contributed by atoms with van der Waals surface area (Å²) in [4.78, 5) is 22.4. The Morgan fingerprint density at radius 3 is 2.07 bits per heavy atom. The first-order chi connectivity index (χ1) is 13.9. The number of carboxylic acids is 1. The zero-order valence-corrected chi connectivity index (χ0v) is 16.5. The number of hydrogen-bond donors (Lipinski definition) is 2. The third kappa shape index (κ3) is 7.46. The Morgan fingerprint density at radius 2 is 1.48 bits per heavy atom. The molecule has 2 rings (SSSR count). The van der Waals surface area contributed by atoms with E-state index >= 15 is 0 Å². The first-order valence-electron chi connectivity index (χ1n) is 9.39. The van der Waals surface area contributed by atoms with Crippen molar-refractivity contribution in [2.45, 2.75) is 32.3 Å². The van der Waals surface area contributed by atoms with Crippen molar-refractivity contribution < 1.29 is 34.0 Å². The molecular weight excluding hydrogens is 376 g/mol. The number of carbonyl (C=O) groups excluding carboxylic acids is 1. The van der Waals surface area contributed by atoms with E-state index in [0.29, 0.717) is 36.9 Å². The van der Waals surface area contributed by atoms with Gasteiger partial charge < -0.3 is 24.4 Å². The van der Waals surface area contributed by atoms with Crippen molar-refractivity contribution in [2.75, 3.05) is 19.8 Å². The number of aliphatic carboxylic acids is 1. The molecule has 0 bridgehead atoms. The molecule has 0 aromatic heterocycles. The van der Waals surface area contributed by atoms with Gasteiger partial charge in [0.1, 0.15) is 23.4 Å². The first-order valence-corrected chi connectivity index (χ1v) is 9.39. The quantitative estimate of drug-likeness (QED) is 0.526. The summed E-state index contributed by atoms with van der Waals surface area (Å²) in [7, 11) is 0. The highest BCUT2D eigenvalue weighted by Gasteiger charge is 2.19. The van der Waals surface area contributed by atoms with Crippen molar-refractivity contribution in [3.63, 3.8) is 0 Å². The smallest absolute Gasteiger partial charge is 0.341 e. The Labute approximate surface area is 169 Å². The number of carboxylic acid groups (broad SMARTS) is 1. The molecule has 29 heavy (non-hydrogen) atoms. The number of Topliss-reactive ketones (excluding diaryl/α,β-unsaturated/α-hetero) is 1. The summed E-state index contributed by atoms with van der Waals surface area (Å²) in [6, 6.07) is 14.0. The fourth-order valence-corrected chi connectivity index (χ4v) is 2.62. The summed E-state index contributed by atoms with van der Waals surface area (Å²) in [6.07, 6.45) is -0.339. The summed E-state index contributed by atoms with van der Waals surface area (Å²) >= 11 is 0. The third-order valence-electron chi connectivity index (χ3n) is 4.21. The van der Waals surface area contributed by atoms with Crippen LogP contribution in [0.15, 0.2) is 48.5 Å². The van der Waals surface area contributed by atoms with Crippen molar-refractivity contribution in [1.29, 1.82) is 0 Å². The second-order valence-electron chi connectivity index (χ2n) is 6.58. The summed E-state index contributed by atoms with van der Waals surface area (Å²) in [5, 5.41) is 18.0. The van der Waals surface area contributed by atoms with E-state index in [1.807, 2.05) is 24.3 Å². The van der Waals surface area contributed by atoms with E-state index in [2.05, 4.69) is 0 Å². The first kappa shape index (κ1) is 22.2. The van der Waals surface area contributed by atoms with Crippen LogP contribution in [-0.4, -0.2) is 47.9 Å². The molecular formula is C22H26O7. The van der Waals surface area contributed by atoms with Crippen LogP contribution < -0.4 is 14.2 Å². The highest BCUT2D eigenvalue weighted by Crippen LogP contribution is 2.23. The second kappa shape index (κ2) is 11.1. The number of rotatable bonds is 12. The van der Waals surface area contributed by atoms with E-state index in [1.165, 1.54) is 6.92 Å². The molecule has 2 aromatic rings. The lowest BCUT2D eigenvalue weighted by Crippen LogP contribution is -2.22. The minimum absolute atomic E-state index is 0.227. The van der Waals surface area contributed by atoms with Crippen LogP contribution in [0.3, 0.4) is 0 Å². The molecule has 0 aliphatic rings. The number of hydrogen-bond acceptors (Lipinski definition) is 6. The molecule has 2 N–H and O–H groups in total. The number of aliphatic hydroxyl groups is 1. The summed E-state index contributed by atoms with van der Waals surface area (Å²) in [5.41, 5.74) is 0.801. The lowest BCUT2D eigenvalue weighted by molar-refractivity contribution is -0.139. The van der Waals surface area contributed by atoms with Crippen LogP contribution >= 0.6 is 0 Å². The SMILES string of the molecule is CC(O)C(=O)C(C)c1cccc(OCCCOc2ccc(OCC(=O)O)cc2)c1. The van der Waals surface area contributed by atoms with Crippen LogP contribution in [0.2, 0.25) is 0 Å². The van der Waals surface area contributed by atoms with Crippen molar-refractivity contribution >= 4 is 11.8 Å². The van der Waals surface area contributed by atoms with Gasteiger partial charge in [-0.1, -0.05) is 19.1 Å². The number of ether oxygens (including phenoxy) is 3. The van der Waals surface area contributed by atoms with Crippen molar-refractivity contribution in [3.8, 4) is 17.2 Å². The van der Waals surface area contributed by atoms with Gasteiger partial charge in [0.15, 0.2) is 12.4 Å². The molecule has 2 atom stereocenters. The van der Waals surface area contributed by atoms with Gasteiger partial charge in [-0.15, -0.1) is 0 Å². The van der Waals surface area contributed by atoms with Crippen LogP contribution in [-0.2, 0) is 9.59 Å². The molecule has 0 radical (unpaired) electrons. The maximum atomic E-state index is 11.9. The van der Waals surface area contributed by atoms with Gasteiger partial charge >= 0.3 is 5.97 Å². The Bertz CT molecular complexity index is 799. The molecule has 2 unspecified atom stereocenters. The van der Waals surface area contributed by atoms with Gasteiger partial charge in [-0.2, -0.15) is 0 Å². The maximum Gasteiger partial charge on any atom is 0.341 e. The number of ketones is 1.